The first kappa shape index (κ1) is 11.3. The first-order valence-corrected chi connectivity index (χ1v) is 6.05. The van der Waals surface area contributed by atoms with Gasteiger partial charge in [0.1, 0.15) is 5.78 Å². The van der Waals surface area contributed by atoms with Crippen molar-refractivity contribution in [1.82, 2.24) is 0 Å². The molecule has 1 rings (SSSR count). The summed E-state index contributed by atoms with van der Waals surface area (Å²) in [5.41, 5.74) is 2.48. The van der Waals surface area contributed by atoms with E-state index in [2.05, 4.69) is 31.4 Å². The smallest absolute Gasteiger partial charge is 0.134 e. The largest absolute Gasteiger partial charge is 0.300 e. The molecule has 0 aliphatic carbocycles. The molecule has 0 fully saturated rings. The summed E-state index contributed by atoms with van der Waals surface area (Å²) in [6.45, 7) is 3.77. The van der Waals surface area contributed by atoms with Crippen molar-refractivity contribution in [2.24, 2.45) is 0 Å². The summed E-state index contributed by atoms with van der Waals surface area (Å²) in [7, 11) is 0. The number of ketones is 1. The van der Waals surface area contributed by atoms with Gasteiger partial charge in [0.25, 0.3) is 0 Å². The van der Waals surface area contributed by atoms with Crippen molar-refractivity contribution in [3.8, 4) is 0 Å². The van der Waals surface area contributed by atoms with Gasteiger partial charge >= 0.3 is 0 Å². The predicted octanol–water partition coefficient (Wildman–Crippen LogP) is 3.10. The molecule has 0 saturated carbocycles. The van der Waals surface area contributed by atoms with E-state index < -0.39 is 0 Å². The number of rotatable bonds is 4. The van der Waals surface area contributed by atoms with Gasteiger partial charge in [0.05, 0.1) is 0 Å². The molecule has 76 valence electrons. The third-order valence-corrected chi connectivity index (χ3v) is 2.96. The number of hydrogen-bond acceptors (Lipinski definition) is 2. The molecule has 0 radical (unpaired) electrons. The van der Waals surface area contributed by atoms with E-state index in [0.717, 1.165) is 6.42 Å². The van der Waals surface area contributed by atoms with E-state index in [1.165, 1.54) is 16.0 Å². The summed E-state index contributed by atoms with van der Waals surface area (Å²) < 4.78 is 0. The molecule has 0 heterocycles. The second-order valence-corrected chi connectivity index (χ2v) is 4.25. The van der Waals surface area contributed by atoms with Gasteiger partial charge in [0, 0.05) is 11.3 Å². The van der Waals surface area contributed by atoms with Gasteiger partial charge in [-0.3, -0.25) is 4.79 Å². The van der Waals surface area contributed by atoms with Crippen LogP contribution in [-0.4, -0.2) is 12.0 Å². The first-order valence-electron chi connectivity index (χ1n) is 4.82. The maximum atomic E-state index is 11.0. The maximum absolute atomic E-state index is 11.0. The van der Waals surface area contributed by atoms with Gasteiger partial charge in [-0.25, -0.2) is 0 Å². The minimum Gasteiger partial charge on any atom is -0.300 e. The minimum absolute atomic E-state index is 0.233. The van der Waals surface area contributed by atoms with E-state index in [1.54, 1.807) is 18.7 Å². The fourth-order valence-corrected chi connectivity index (χ4v) is 1.96. The van der Waals surface area contributed by atoms with E-state index in [4.69, 9.17) is 0 Å². The summed E-state index contributed by atoms with van der Waals surface area (Å²) >= 11 is 1.74. The lowest BCUT2D eigenvalue weighted by atomic mass is 10.0. The molecule has 0 unspecified atom stereocenters. The van der Waals surface area contributed by atoms with Gasteiger partial charge in [-0.1, -0.05) is 13.0 Å². The molecule has 0 aromatic heterocycles. The average molecular weight is 208 g/mol. The highest BCUT2D eigenvalue weighted by atomic mass is 32.2. The zero-order chi connectivity index (χ0) is 10.6. The zero-order valence-corrected chi connectivity index (χ0v) is 9.78. The second kappa shape index (κ2) is 5.20. The molecule has 14 heavy (non-hydrogen) atoms. The van der Waals surface area contributed by atoms with E-state index in [0.29, 0.717) is 6.42 Å². The van der Waals surface area contributed by atoms with Crippen molar-refractivity contribution in [3.63, 3.8) is 0 Å². The molecule has 1 aromatic carbocycles. The lowest BCUT2D eigenvalue weighted by Gasteiger charge is -2.07. The van der Waals surface area contributed by atoms with Gasteiger partial charge < -0.3 is 0 Å². The molecule has 0 aliphatic rings. The van der Waals surface area contributed by atoms with Gasteiger partial charge in [-0.05, 0) is 42.9 Å². The number of aryl methyl sites for hydroxylation is 1. The van der Waals surface area contributed by atoms with Crippen molar-refractivity contribution in [2.45, 2.75) is 31.6 Å². The molecule has 0 bridgehead atoms. The highest BCUT2D eigenvalue weighted by molar-refractivity contribution is 7.98. The first-order chi connectivity index (χ1) is 6.67. The molecular weight excluding hydrogens is 192 g/mol. The Bertz CT molecular complexity index is 331. The summed E-state index contributed by atoms with van der Waals surface area (Å²) in [6, 6.07) is 6.34. The molecule has 0 spiro atoms. The van der Waals surface area contributed by atoms with Crippen molar-refractivity contribution < 1.29 is 4.79 Å². The zero-order valence-electron chi connectivity index (χ0n) is 8.96. The number of Topliss-reactive ketones (excluding diaryl/α,β-unsaturated/α-hetero) is 1. The number of hydrogen-bond donors (Lipinski definition) is 0. The molecule has 0 N–H and O–H groups in total. The molecule has 1 nitrogen and oxygen atoms in total. The summed E-state index contributed by atoms with van der Waals surface area (Å²) in [4.78, 5) is 12.3. The standard InChI is InChI=1S/C12H16OS/c1-4-10-8-12(14-3)6-5-11(10)7-9(2)13/h5-6,8H,4,7H2,1-3H3. The highest BCUT2D eigenvalue weighted by Gasteiger charge is 2.04. The molecule has 0 saturated heterocycles. The Morgan fingerprint density at radius 2 is 2.07 bits per heavy atom. The van der Waals surface area contributed by atoms with Crippen molar-refractivity contribution in [2.75, 3.05) is 6.26 Å². The van der Waals surface area contributed by atoms with Gasteiger partial charge in [-0.15, -0.1) is 11.8 Å². The fraction of sp³-hybridized carbons (Fsp3) is 0.417. The number of benzene rings is 1. The Kier molecular flexibility index (Phi) is 4.21. The van der Waals surface area contributed by atoms with Crippen LogP contribution in [0.15, 0.2) is 23.1 Å². The van der Waals surface area contributed by atoms with Gasteiger partial charge in [0.2, 0.25) is 0 Å². The van der Waals surface area contributed by atoms with Crippen LogP contribution in [0.4, 0.5) is 0 Å². The molecular formula is C12H16OS. The van der Waals surface area contributed by atoms with Gasteiger partial charge in [0.15, 0.2) is 0 Å². The Morgan fingerprint density at radius 3 is 2.57 bits per heavy atom. The van der Waals surface area contributed by atoms with Crippen LogP contribution in [0.5, 0.6) is 0 Å². The van der Waals surface area contributed by atoms with E-state index in [1.807, 2.05) is 0 Å². The minimum atomic E-state index is 0.233. The molecule has 2 heteroatoms. The van der Waals surface area contributed by atoms with Crippen LogP contribution in [0.3, 0.4) is 0 Å². The number of carbonyl (C=O) groups excluding carboxylic acids is 1. The van der Waals surface area contributed by atoms with Crippen LogP contribution in [0.2, 0.25) is 0 Å². The fourth-order valence-electron chi connectivity index (χ4n) is 1.50. The highest BCUT2D eigenvalue weighted by Crippen LogP contribution is 2.20. The quantitative estimate of drug-likeness (QED) is 0.707. The van der Waals surface area contributed by atoms with Crippen molar-refractivity contribution in [1.29, 1.82) is 0 Å². The topological polar surface area (TPSA) is 17.1 Å². The number of thioether (sulfide) groups is 1. The van der Waals surface area contributed by atoms with E-state index >= 15 is 0 Å². The molecule has 0 aliphatic heterocycles. The van der Waals surface area contributed by atoms with E-state index in [9.17, 15) is 4.79 Å². The molecule has 1 aromatic rings. The Labute approximate surface area is 89.9 Å². The maximum Gasteiger partial charge on any atom is 0.134 e. The SMILES string of the molecule is CCc1cc(SC)ccc1CC(C)=O. The Hall–Kier alpha value is -0.760. The van der Waals surface area contributed by atoms with Crippen LogP contribution in [0, 0.1) is 0 Å². The summed E-state index contributed by atoms with van der Waals surface area (Å²) in [5, 5.41) is 0. The predicted molar refractivity (Wildman–Crippen MR) is 62.0 cm³/mol. The Morgan fingerprint density at radius 1 is 1.36 bits per heavy atom. The van der Waals surface area contributed by atoms with Crippen LogP contribution in [0.25, 0.3) is 0 Å². The van der Waals surface area contributed by atoms with Crippen molar-refractivity contribution >= 4 is 17.5 Å². The Balaban J connectivity index is 2.98. The molecule has 0 atom stereocenters. The van der Waals surface area contributed by atoms with Crippen LogP contribution in [0.1, 0.15) is 25.0 Å². The summed E-state index contributed by atoms with van der Waals surface area (Å²) in [5.74, 6) is 0.233. The lowest BCUT2D eigenvalue weighted by Crippen LogP contribution is -2.00. The van der Waals surface area contributed by atoms with Crippen LogP contribution < -0.4 is 0 Å². The summed E-state index contributed by atoms with van der Waals surface area (Å²) in [6.07, 6.45) is 3.63. The normalized spacial score (nSPS) is 10.2. The lowest BCUT2D eigenvalue weighted by molar-refractivity contribution is -0.116. The third kappa shape index (κ3) is 2.88. The average Bonchev–Trinajstić information content (AvgIpc) is 2.17. The third-order valence-electron chi connectivity index (χ3n) is 2.23. The number of carbonyl (C=O) groups is 1. The second-order valence-electron chi connectivity index (χ2n) is 3.37. The molecule has 0 amide bonds. The van der Waals surface area contributed by atoms with E-state index in [-0.39, 0.29) is 5.78 Å². The monoisotopic (exact) mass is 208 g/mol. The van der Waals surface area contributed by atoms with Crippen molar-refractivity contribution in [3.05, 3.63) is 29.3 Å². The van der Waals surface area contributed by atoms with Crippen LogP contribution >= 0.6 is 11.8 Å². The van der Waals surface area contributed by atoms with Crippen LogP contribution in [-0.2, 0) is 17.6 Å². The van der Waals surface area contributed by atoms with Gasteiger partial charge in [-0.2, -0.15) is 0 Å².